The van der Waals surface area contributed by atoms with Crippen molar-refractivity contribution in [3.8, 4) is 0 Å². The van der Waals surface area contributed by atoms with Crippen LogP contribution >= 0.6 is 0 Å². The first-order valence-corrected chi connectivity index (χ1v) is 7.65. The highest BCUT2D eigenvalue weighted by Gasteiger charge is 2.25. The van der Waals surface area contributed by atoms with Crippen molar-refractivity contribution in [3.63, 3.8) is 0 Å². The van der Waals surface area contributed by atoms with E-state index in [9.17, 15) is 4.79 Å². The SMILES string of the molecule is CCC(CC)N(CC(C)C)C(=O)NC1CCCC1. The Hall–Kier alpha value is -0.730. The van der Waals surface area contributed by atoms with Gasteiger partial charge in [0.25, 0.3) is 0 Å². The lowest BCUT2D eigenvalue weighted by Crippen LogP contribution is -2.49. The summed E-state index contributed by atoms with van der Waals surface area (Å²) in [6.45, 7) is 9.57. The molecule has 0 aromatic carbocycles. The second-order valence-electron chi connectivity index (χ2n) is 5.95. The molecule has 2 amide bonds. The molecule has 106 valence electrons. The molecule has 1 N–H and O–H groups in total. The van der Waals surface area contributed by atoms with Crippen molar-refractivity contribution in [2.45, 2.75) is 78.3 Å². The largest absolute Gasteiger partial charge is 0.335 e. The predicted octanol–water partition coefficient (Wildman–Crippen LogP) is 3.79. The highest BCUT2D eigenvalue weighted by atomic mass is 16.2. The summed E-state index contributed by atoms with van der Waals surface area (Å²) in [5.74, 6) is 0.528. The molecule has 1 saturated carbocycles. The summed E-state index contributed by atoms with van der Waals surface area (Å²) in [7, 11) is 0. The van der Waals surface area contributed by atoms with Crippen LogP contribution in [0.2, 0.25) is 0 Å². The molecular weight excluding hydrogens is 224 g/mol. The summed E-state index contributed by atoms with van der Waals surface area (Å²) in [6.07, 6.45) is 6.93. The molecule has 0 bridgehead atoms. The number of nitrogens with zero attached hydrogens (tertiary/aromatic N) is 1. The van der Waals surface area contributed by atoms with E-state index in [1.807, 2.05) is 0 Å². The average Bonchev–Trinajstić information content (AvgIpc) is 2.81. The maximum Gasteiger partial charge on any atom is 0.317 e. The van der Waals surface area contributed by atoms with Crippen molar-refractivity contribution in [2.24, 2.45) is 5.92 Å². The zero-order valence-electron chi connectivity index (χ0n) is 12.5. The van der Waals surface area contributed by atoms with Gasteiger partial charge in [0.05, 0.1) is 0 Å². The van der Waals surface area contributed by atoms with Gasteiger partial charge < -0.3 is 10.2 Å². The fourth-order valence-corrected chi connectivity index (χ4v) is 2.85. The maximum absolute atomic E-state index is 12.4. The molecule has 1 aliphatic rings. The van der Waals surface area contributed by atoms with Crippen LogP contribution in [-0.4, -0.2) is 29.6 Å². The first-order chi connectivity index (χ1) is 8.58. The van der Waals surface area contributed by atoms with Gasteiger partial charge in [0, 0.05) is 18.6 Å². The molecule has 0 aromatic rings. The van der Waals surface area contributed by atoms with Crippen LogP contribution in [0, 0.1) is 5.92 Å². The molecule has 0 atom stereocenters. The van der Waals surface area contributed by atoms with E-state index in [2.05, 4.69) is 37.9 Å². The number of hydrogen-bond donors (Lipinski definition) is 1. The Labute approximate surface area is 112 Å². The molecule has 1 fully saturated rings. The van der Waals surface area contributed by atoms with Gasteiger partial charge in [0.15, 0.2) is 0 Å². The van der Waals surface area contributed by atoms with E-state index in [1.165, 1.54) is 12.8 Å². The van der Waals surface area contributed by atoms with Gasteiger partial charge in [0.2, 0.25) is 0 Å². The first-order valence-electron chi connectivity index (χ1n) is 7.65. The van der Waals surface area contributed by atoms with Gasteiger partial charge in [-0.15, -0.1) is 0 Å². The second-order valence-corrected chi connectivity index (χ2v) is 5.95. The Morgan fingerprint density at radius 2 is 1.78 bits per heavy atom. The third kappa shape index (κ3) is 4.51. The van der Waals surface area contributed by atoms with Crippen LogP contribution in [-0.2, 0) is 0 Å². The van der Waals surface area contributed by atoms with Gasteiger partial charge in [-0.05, 0) is 31.6 Å². The molecule has 0 aliphatic heterocycles. The van der Waals surface area contributed by atoms with Crippen molar-refractivity contribution in [1.82, 2.24) is 10.2 Å². The Balaban J connectivity index is 2.58. The third-order valence-corrected chi connectivity index (χ3v) is 3.89. The van der Waals surface area contributed by atoms with Crippen LogP contribution in [0.5, 0.6) is 0 Å². The van der Waals surface area contributed by atoms with Crippen molar-refractivity contribution < 1.29 is 4.79 Å². The molecule has 0 saturated heterocycles. The van der Waals surface area contributed by atoms with E-state index in [4.69, 9.17) is 0 Å². The zero-order valence-corrected chi connectivity index (χ0v) is 12.5. The lowest BCUT2D eigenvalue weighted by molar-refractivity contribution is 0.157. The topological polar surface area (TPSA) is 32.3 Å². The molecule has 3 nitrogen and oxygen atoms in total. The molecule has 1 aliphatic carbocycles. The van der Waals surface area contributed by atoms with Crippen LogP contribution < -0.4 is 5.32 Å². The van der Waals surface area contributed by atoms with E-state index >= 15 is 0 Å². The Morgan fingerprint density at radius 1 is 1.22 bits per heavy atom. The van der Waals surface area contributed by atoms with Crippen molar-refractivity contribution in [2.75, 3.05) is 6.54 Å². The second kappa shape index (κ2) is 7.65. The van der Waals surface area contributed by atoms with Gasteiger partial charge >= 0.3 is 6.03 Å². The fraction of sp³-hybridized carbons (Fsp3) is 0.933. The monoisotopic (exact) mass is 254 g/mol. The van der Waals surface area contributed by atoms with Gasteiger partial charge in [0.1, 0.15) is 0 Å². The molecule has 0 radical (unpaired) electrons. The lowest BCUT2D eigenvalue weighted by Gasteiger charge is -2.33. The molecule has 0 spiro atoms. The Morgan fingerprint density at radius 3 is 2.22 bits per heavy atom. The van der Waals surface area contributed by atoms with E-state index in [0.29, 0.717) is 18.0 Å². The summed E-state index contributed by atoms with van der Waals surface area (Å²) in [4.78, 5) is 14.5. The summed E-state index contributed by atoms with van der Waals surface area (Å²) < 4.78 is 0. The van der Waals surface area contributed by atoms with Crippen LogP contribution in [0.3, 0.4) is 0 Å². The molecule has 0 unspecified atom stereocenters. The maximum atomic E-state index is 12.4. The summed E-state index contributed by atoms with van der Waals surface area (Å²) in [5, 5.41) is 3.22. The minimum absolute atomic E-state index is 0.157. The van der Waals surface area contributed by atoms with E-state index < -0.39 is 0 Å². The Kier molecular flexibility index (Phi) is 6.51. The minimum Gasteiger partial charge on any atom is -0.335 e. The molecule has 1 rings (SSSR count). The van der Waals surface area contributed by atoms with Gasteiger partial charge in [-0.1, -0.05) is 40.5 Å². The molecule has 0 heterocycles. The Bertz CT molecular complexity index is 243. The minimum atomic E-state index is 0.157. The number of carbonyl (C=O) groups excluding carboxylic acids is 1. The van der Waals surface area contributed by atoms with E-state index in [0.717, 1.165) is 32.2 Å². The van der Waals surface area contributed by atoms with Crippen molar-refractivity contribution >= 4 is 6.03 Å². The standard InChI is InChI=1S/C15H30N2O/c1-5-14(6-2)17(11-12(3)4)15(18)16-13-9-7-8-10-13/h12-14H,5-11H2,1-4H3,(H,16,18). The molecular formula is C15H30N2O. The molecule has 18 heavy (non-hydrogen) atoms. The van der Waals surface area contributed by atoms with Crippen LogP contribution in [0.1, 0.15) is 66.2 Å². The summed E-state index contributed by atoms with van der Waals surface area (Å²) in [5.41, 5.74) is 0. The first kappa shape index (κ1) is 15.3. The summed E-state index contributed by atoms with van der Waals surface area (Å²) in [6, 6.07) is 0.958. The lowest BCUT2D eigenvalue weighted by atomic mass is 10.1. The van der Waals surface area contributed by atoms with E-state index in [-0.39, 0.29) is 6.03 Å². The van der Waals surface area contributed by atoms with E-state index in [1.54, 1.807) is 0 Å². The highest BCUT2D eigenvalue weighted by Crippen LogP contribution is 2.19. The number of rotatable bonds is 6. The fourth-order valence-electron chi connectivity index (χ4n) is 2.85. The molecule has 3 heteroatoms. The zero-order chi connectivity index (χ0) is 13.5. The number of nitrogens with one attached hydrogen (secondary N) is 1. The normalized spacial score (nSPS) is 16.6. The van der Waals surface area contributed by atoms with Crippen LogP contribution in [0.4, 0.5) is 4.79 Å². The number of amides is 2. The highest BCUT2D eigenvalue weighted by molar-refractivity contribution is 5.75. The number of hydrogen-bond acceptors (Lipinski definition) is 1. The smallest absolute Gasteiger partial charge is 0.317 e. The van der Waals surface area contributed by atoms with Crippen LogP contribution in [0.15, 0.2) is 0 Å². The number of carbonyl (C=O) groups is 1. The van der Waals surface area contributed by atoms with Gasteiger partial charge in [-0.25, -0.2) is 4.79 Å². The van der Waals surface area contributed by atoms with Gasteiger partial charge in [-0.3, -0.25) is 0 Å². The molecule has 0 aromatic heterocycles. The van der Waals surface area contributed by atoms with Crippen molar-refractivity contribution in [3.05, 3.63) is 0 Å². The quantitative estimate of drug-likeness (QED) is 0.768. The third-order valence-electron chi connectivity index (χ3n) is 3.89. The van der Waals surface area contributed by atoms with Crippen LogP contribution in [0.25, 0.3) is 0 Å². The number of urea groups is 1. The summed E-state index contributed by atoms with van der Waals surface area (Å²) >= 11 is 0. The average molecular weight is 254 g/mol. The predicted molar refractivity (Wildman–Crippen MR) is 76.7 cm³/mol. The van der Waals surface area contributed by atoms with Crippen molar-refractivity contribution in [1.29, 1.82) is 0 Å². The van der Waals surface area contributed by atoms with Gasteiger partial charge in [-0.2, -0.15) is 0 Å².